The van der Waals surface area contributed by atoms with E-state index in [4.69, 9.17) is 4.74 Å². The molecule has 0 unspecified atom stereocenters. The maximum Gasteiger partial charge on any atom is 0.273 e. The molecule has 0 atom stereocenters. The minimum atomic E-state index is -0.858. The number of hydrogen-bond donors (Lipinski definition) is 2. The number of methoxy groups -OCH3 is 1. The van der Waals surface area contributed by atoms with Crippen molar-refractivity contribution in [1.82, 2.24) is 20.2 Å². The number of anilines is 1. The number of rotatable bonds is 7. The summed E-state index contributed by atoms with van der Waals surface area (Å²) in [6, 6.07) is 10.6. The summed E-state index contributed by atoms with van der Waals surface area (Å²) in [5, 5.41) is 5.58. The van der Waals surface area contributed by atoms with E-state index in [0.29, 0.717) is 49.4 Å². The zero-order valence-corrected chi connectivity index (χ0v) is 19.1. The van der Waals surface area contributed by atoms with Crippen LogP contribution < -0.4 is 15.4 Å². The van der Waals surface area contributed by atoms with Crippen molar-refractivity contribution >= 4 is 17.6 Å². The third kappa shape index (κ3) is 5.96. The Morgan fingerprint density at radius 1 is 1.03 bits per heavy atom. The molecular weight excluding hydrogens is 456 g/mol. The first-order valence-corrected chi connectivity index (χ1v) is 11.2. The van der Waals surface area contributed by atoms with Gasteiger partial charge in [0.2, 0.25) is 0 Å². The van der Waals surface area contributed by atoms with Crippen LogP contribution in [0.5, 0.6) is 5.75 Å². The zero-order valence-electron chi connectivity index (χ0n) is 19.1. The standard InChI is InChI=1S/C25H25F2N5O3/c1-35-19-7-5-16(6-8-19)24(33)31-23-22(28-11-12-29-23)25(34)30-18-9-13-32(14-10-18)15-17-3-2-4-20(26)21(17)27/h2-8,11-12,18H,9-10,13-15H2,1H3,(H,30,34)(H,29,31,33). The zero-order chi connectivity index (χ0) is 24.8. The number of ether oxygens (including phenoxy) is 1. The van der Waals surface area contributed by atoms with Gasteiger partial charge in [0.1, 0.15) is 5.75 Å². The topological polar surface area (TPSA) is 96.5 Å². The van der Waals surface area contributed by atoms with E-state index >= 15 is 0 Å². The van der Waals surface area contributed by atoms with Gasteiger partial charge in [-0.2, -0.15) is 0 Å². The highest BCUT2D eigenvalue weighted by molar-refractivity contribution is 6.07. The van der Waals surface area contributed by atoms with Gasteiger partial charge >= 0.3 is 0 Å². The summed E-state index contributed by atoms with van der Waals surface area (Å²) in [4.78, 5) is 35.7. The van der Waals surface area contributed by atoms with Crippen LogP contribution in [0, 0.1) is 11.6 Å². The summed E-state index contributed by atoms with van der Waals surface area (Å²) in [6.07, 6.45) is 4.05. The fourth-order valence-electron chi connectivity index (χ4n) is 3.92. The van der Waals surface area contributed by atoms with E-state index in [9.17, 15) is 18.4 Å². The number of carbonyl (C=O) groups is 2. The first-order chi connectivity index (χ1) is 16.9. The Bertz CT molecular complexity index is 1200. The smallest absolute Gasteiger partial charge is 0.273 e. The number of amides is 2. The van der Waals surface area contributed by atoms with Crippen LogP contribution in [0.2, 0.25) is 0 Å². The maximum absolute atomic E-state index is 14.0. The fourth-order valence-corrected chi connectivity index (χ4v) is 3.92. The lowest BCUT2D eigenvalue weighted by molar-refractivity contribution is 0.0904. The highest BCUT2D eigenvalue weighted by Crippen LogP contribution is 2.19. The molecule has 0 bridgehead atoms. The normalized spacial score (nSPS) is 14.4. The Balaban J connectivity index is 1.34. The van der Waals surface area contributed by atoms with Crippen LogP contribution in [0.15, 0.2) is 54.9 Å². The minimum Gasteiger partial charge on any atom is -0.497 e. The number of piperidine rings is 1. The van der Waals surface area contributed by atoms with E-state index in [-0.39, 0.29) is 17.6 Å². The lowest BCUT2D eigenvalue weighted by Gasteiger charge is -2.32. The van der Waals surface area contributed by atoms with Crippen molar-refractivity contribution in [3.8, 4) is 5.75 Å². The third-order valence-corrected chi connectivity index (χ3v) is 5.85. The third-order valence-electron chi connectivity index (χ3n) is 5.85. The van der Waals surface area contributed by atoms with E-state index in [1.807, 2.05) is 4.90 Å². The average Bonchev–Trinajstić information content (AvgIpc) is 2.88. The Kier molecular flexibility index (Phi) is 7.61. The molecule has 8 nitrogen and oxygen atoms in total. The van der Waals surface area contributed by atoms with E-state index in [1.165, 1.54) is 25.6 Å². The average molecular weight is 482 g/mol. The molecule has 1 aromatic heterocycles. The van der Waals surface area contributed by atoms with Crippen LogP contribution in [0.3, 0.4) is 0 Å². The van der Waals surface area contributed by atoms with Gasteiger partial charge in [0.05, 0.1) is 7.11 Å². The van der Waals surface area contributed by atoms with Gasteiger partial charge in [-0.3, -0.25) is 14.5 Å². The largest absolute Gasteiger partial charge is 0.497 e. The molecule has 0 spiro atoms. The number of hydrogen-bond acceptors (Lipinski definition) is 6. The van der Waals surface area contributed by atoms with E-state index in [0.717, 1.165) is 6.07 Å². The predicted molar refractivity (Wildman–Crippen MR) is 125 cm³/mol. The molecule has 1 saturated heterocycles. The molecule has 3 aromatic rings. The van der Waals surface area contributed by atoms with Crippen molar-refractivity contribution in [1.29, 1.82) is 0 Å². The van der Waals surface area contributed by atoms with Crippen molar-refractivity contribution < 1.29 is 23.1 Å². The van der Waals surface area contributed by atoms with Gasteiger partial charge < -0.3 is 15.4 Å². The summed E-state index contributed by atoms with van der Waals surface area (Å²) < 4.78 is 32.5. The second kappa shape index (κ2) is 11.0. The highest BCUT2D eigenvalue weighted by atomic mass is 19.2. The lowest BCUT2D eigenvalue weighted by Crippen LogP contribution is -2.44. The molecule has 35 heavy (non-hydrogen) atoms. The summed E-state index contributed by atoms with van der Waals surface area (Å²) in [5.74, 6) is -1.88. The fraction of sp³-hybridized carbons (Fsp3) is 0.280. The molecule has 182 valence electrons. The molecule has 0 saturated carbocycles. The molecule has 2 heterocycles. The first kappa shape index (κ1) is 24.2. The quantitative estimate of drug-likeness (QED) is 0.537. The summed E-state index contributed by atoms with van der Waals surface area (Å²) in [5.41, 5.74) is 0.702. The molecular formula is C25H25F2N5O3. The first-order valence-electron chi connectivity index (χ1n) is 11.2. The van der Waals surface area contributed by atoms with E-state index in [1.54, 1.807) is 30.3 Å². The van der Waals surface area contributed by atoms with Crippen LogP contribution in [0.25, 0.3) is 0 Å². The molecule has 10 heteroatoms. The predicted octanol–water partition coefficient (Wildman–Crippen LogP) is 3.41. The van der Waals surface area contributed by atoms with Gasteiger partial charge in [0, 0.05) is 49.2 Å². The minimum absolute atomic E-state index is 0.0126. The molecule has 0 radical (unpaired) electrons. The molecule has 2 aromatic carbocycles. The molecule has 2 amide bonds. The molecule has 1 fully saturated rings. The van der Waals surface area contributed by atoms with Gasteiger partial charge in [0.15, 0.2) is 23.1 Å². The van der Waals surface area contributed by atoms with Crippen molar-refractivity contribution in [2.75, 3.05) is 25.5 Å². The molecule has 2 N–H and O–H groups in total. The Labute approximate surface area is 201 Å². The molecule has 1 aliphatic rings. The van der Waals surface area contributed by atoms with Crippen molar-refractivity contribution in [3.05, 3.63) is 83.3 Å². The number of nitrogens with zero attached hydrogens (tertiary/aromatic N) is 3. The number of nitrogens with one attached hydrogen (secondary N) is 2. The Morgan fingerprint density at radius 2 is 1.74 bits per heavy atom. The monoisotopic (exact) mass is 481 g/mol. The van der Waals surface area contributed by atoms with Gasteiger partial charge in [0.25, 0.3) is 11.8 Å². The van der Waals surface area contributed by atoms with Gasteiger partial charge in [-0.15, -0.1) is 0 Å². The lowest BCUT2D eigenvalue weighted by atomic mass is 10.0. The van der Waals surface area contributed by atoms with E-state index < -0.39 is 23.4 Å². The summed E-state index contributed by atoms with van der Waals surface area (Å²) in [7, 11) is 1.54. The van der Waals surface area contributed by atoms with Crippen molar-refractivity contribution in [2.24, 2.45) is 0 Å². The van der Waals surface area contributed by atoms with E-state index in [2.05, 4.69) is 20.6 Å². The number of aromatic nitrogens is 2. The van der Waals surface area contributed by atoms with Gasteiger partial charge in [-0.05, 0) is 43.2 Å². The number of carbonyl (C=O) groups excluding carboxylic acids is 2. The van der Waals surface area contributed by atoms with Gasteiger partial charge in [-0.25, -0.2) is 18.7 Å². The van der Waals surface area contributed by atoms with Crippen LogP contribution in [0.4, 0.5) is 14.6 Å². The molecule has 4 rings (SSSR count). The number of benzene rings is 2. The summed E-state index contributed by atoms with van der Waals surface area (Å²) in [6.45, 7) is 1.53. The van der Waals surface area contributed by atoms with Crippen molar-refractivity contribution in [3.63, 3.8) is 0 Å². The Morgan fingerprint density at radius 3 is 2.46 bits per heavy atom. The van der Waals surface area contributed by atoms with Crippen LogP contribution in [-0.4, -0.2) is 52.9 Å². The Hall–Kier alpha value is -3.92. The summed E-state index contributed by atoms with van der Waals surface area (Å²) >= 11 is 0. The second-order valence-electron chi connectivity index (χ2n) is 8.17. The number of likely N-dealkylation sites (tertiary alicyclic amines) is 1. The molecule has 1 aliphatic heterocycles. The second-order valence-corrected chi connectivity index (χ2v) is 8.17. The van der Waals surface area contributed by atoms with Crippen LogP contribution >= 0.6 is 0 Å². The molecule has 0 aliphatic carbocycles. The van der Waals surface area contributed by atoms with Gasteiger partial charge in [-0.1, -0.05) is 12.1 Å². The maximum atomic E-state index is 14.0. The number of halogens is 2. The van der Waals surface area contributed by atoms with Crippen LogP contribution in [-0.2, 0) is 6.54 Å². The van der Waals surface area contributed by atoms with Crippen LogP contribution in [0.1, 0.15) is 39.3 Å². The SMILES string of the molecule is COc1ccc(C(=O)Nc2nccnc2C(=O)NC2CCN(Cc3cccc(F)c3F)CC2)cc1. The highest BCUT2D eigenvalue weighted by Gasteiger charge is 2.24. The van der Waals surface area contributed by atoms with Crippen molar-refractivity contribution in [2.45, 2.75) is 25.4 Å².